The highest BCUT2D eigenvalue weighted by atomic mass is 35.5. The molecule has 0 spiro atoms. The van der Waals surface area contributed by atoms with Gasteiger partial charge in [-0.3, -0.25) is 9.59 Å². The summed E-state index contributed by atoms with van der Waals surface area (Å²) < 4.78 is 5.68. The second kappa shape index (κ2) is 8.19. The molecule has 0 aliphatic rings. The van der Waals surface area contributed by atoms with Crippen LogP contribution < -0.4 is 10.1 Å². The van der Waals surface area contributed by atoms with E-state index in [2.05, 4.69) is 5.32 Å². The number of hydrogen-bond donors (Lipinski definition) is 2. The summed E-state index contributed by atoms with van der Waals surface area (Å²) in [7, 11) is 0. The second-order valence-corrected chi connectivity index (χ2v) is 5.35. The molecule has 120 valence electrons. The van der Waals surface area contributed by atoms with Crippen molar-refractivity contribution in [3.63, 3.8) is 0 Å². The molecule has 0 aromatic heterocycles. The Bertz CT molecular complexity index is 685. The Balaban J connectivity index is 1.90. The molecule has 5 nitrogen and oxygen atoms in total. The molecular weight excluding hydrogens is 318 g/mol. The number of carbonyl (C=O) groups is 2. The van der Waals surface area contributed by atoms with Crippen LogP contribution in [0.3, 0.4) is 0 Å². The van der Waals surface area contributed by atoms with Crippen molar-refractivity contribution in [1.82, 2.24) is 5.32 Å². The van der Waals surface area contributed by atoms with Crippen LogP contribution in [0.4, 0.5) is 0 Å². The van der Waals surface area contributed by atoms with Gasteiger partial charge in [-0.2, -0.15) is 0 Å². The first kappa shape index (κ1) is 16.8. The molecule has 2 rings (SSSR count). The summed E-state index contributed by atoms with van der Waals surface area (Å²) in [5.74, 6) is -0.774. The first-order chi connectivity index (χ1) is 11.0. The molecule has 0 saturated carbocycles. The molecule has 23 heavy (non-hydrogen) atoms. The van der Waals surface area contributed by atoms with Crippen LogP contribution in [-0.4, -0.2) is 23.5 Å². The van der Waals surface area contributed by atoms with Gasteiger partial charge >= 0.3 is 5.97 Å². The van der Waals surface area contributed by atoms with Gasteiger partial charge in [-0.05, 0) is 35.4 Å². The third-order valence-corrected chi connectivity index (χ3v) is 3.27. The molecule has 0 radical (unpaired) electrons. The lowest BCUT2D eigenvalue weighted by Gasteiger charge is -2.08. The first-order valence-electron chi connectivity index (χ1n) is 6.97. The number of hydrogen-bond acceptors (Lipinski definition) is 3. The second-order valence-electron chi connectivity index (χ2n) is 4.91. The highest BCUT2D eigenvalue weighted by Crippen LogP contribution is 2.16. The number of ether oxygens (including phenoxy) is 1. The third-order valence-electron chi connectivity index (χ3n) is 3.02. The topological polar surface area (TPSA) is 75.6 Å². The minimum atomic E-state index is -1.07. The minimum Gasteiger partial charge on any atom is -0.489 e. The van der Waals surface area contributed by atoms with Gasteiger partial charge in [0, 0.05) is 5.02 Å². The predicted molar refractivity (Wildman–Crippen MR) is 86.6 cm³/mol. The molecule has 0 bridgehead atoms. The zero-order chi connectivity index (χ0) is 16.7. The van der Waals surface area contributed by atoms with Crippen molar-refractivity contribution in [2.24, 2.45) is 0 Å². The molecule has 0 saturated heterocycles. The number of carboxylic acids is 1. The van der Waals surface area contributed by atoms with Crippen molar-refractivity contribution in [1.29, 1.82) is 0 Å². The zero-order valence-corrected chi connectivity index (χ0v) is 13.0. The molecule has 0 heterocycles. The Morgan fingerprint density at radius 2 is 1.83 bits per heavy atom. The Hall–Kier alpha value is -2.53. The van der Waals surface area contributed by atoms with Gasteiger partial charge < -0.3 is 15.2 Å². The number of rotatable bonds is 7. The van der Waals surface area contributed by atoms with Gasteiger partial charge in [0.25, 0.3) is 0 Å². The molecule has 2 N–H and O–H groups in total. The van der Waals surface area contributed by atoms with Gasteiger partial charge in [0.2, 0.25) is 5.91 Å². The number of aliphatic carboxylic acids is 1. The van der Waals surface area contributed by atoms with Crippen LogP contribution in [0.1, 0.15) is 11.1 Å². The molecule has 0 unspecified atom stereocenters. The molecular formula is C17H16ClNO4. The van der Waals surface area contributed by atoms with E-state index in [-0.39, 0.29) is 18.9 Å². The average Bonchev–Trinajstić information content (AvgIpc) is 2.53. The van der Waals surface area contributed by atoms with Crippen molar-refractivity contribution in [3.8, 4) is 5.75 Å². The maximum Gasteiger partial charge on any atom is 0.322 e. The molecule has 0 atom stereocenters. The van der Waals surface area contributed by atoms with E-state index in [1.807, 2.05) is 12.1 Å². The fourth-order valence-electron chi connectivity index (χ4n) is 1.91. The maximum absolute atomic E-state index is 11.6. The van der Waals surface area contributed by atoms with E-state index in [9.17, 15) is 9.59 Å². The lowest BCUT2D eigenvalue weighted by Crippen LogP contribution is -2.30. The average molecular weight is 334 g/mol. The lowest BCUT2D eigenvalue weighted by atomic mass is 10.1. The van der Waals surface area contributed by atoms with E-state index >= 15 is 0 Å². The minimum absolute atomic E-state index is 0.103. The summed E-state index contributed by atoms with van der Waals surface area (Å²) in [6.45, 7) is 0.0113. The molecule has 2 aromatic carbocycles. The van der Waals surface area contributed by atoms with E-state index in [4.69, 9.17) is 21.4 Å². The molecule has 0 fully saturated rings. The van der Waals surface area contributed by atoms with Gasteiger partial charge in [-0.25, -0.2) is 0 Å². The van der Waals surface area contributed by atoms with Crippen molar-refractivity contribution < 1.29 is 19.4 Å². The standard InChI is InChI=1S/C17H16ClNO4/c18-14-6-4-12(5-7-14)11-23-15-3-1-2-13(8-15)9-16(20)19-10-17(21)22/h1-8H,9-11H2,(H,19,20)(H,21,22). The third kappa shape index (κ3) is 6.00. The van der Waals surface area contributed by atoms with E-state index in [0.29, 0.717) is 17.4 Å². The van der Waals surface area contributed by atoms with Gasteiger partial charge in [-0.1, -0.05) is 35.9 Å². The maximum atomic E-state index is 11.6. The monoisotopic (exact) mass is 333 g/mol. The summed E-state index contributed by atoms with van der Waals surface area (Å²) in [6.07, 6.45) is 0.103. The summed E-state index contributed by atoms with van der Waals surface area (Å²) >= 11 is 5.83. The quantitative estimate of drug-likeness (QED) is 0.816. The van der Waals surface area contributed by atoms with E-state index in [0.717, 1.165) is 11.1 Å². The van der Waals surface area contributed by atoms with Crippen LogP contribution in [0.2, 0.25) is 5.02 Å². The van der Waals surface area contributed by atoms with Gasteiger partial charge in [0.15, 0.2) is 0 Å². The predicted octanol–water partition coefficient (Wildman–Crippen LogP) is 2.66. The number of carbonyl (C=O) groups excluding carboxylic acids is 1. The van der Waals surface area contributed by atoms with Gasteiger partial charge in [-0.15, -0.1) is 0 Å². The SMILES string of the molecule is O=C(O)CNC(=O)Cc1cccc(OCc2ccc(Cl)cc2)c1. The Labute approximate surface area is 138 Å². The van der Waals surface area contributed by atoms with Crippen LogP contribution >= 0.6 is 11.6 Å². The van der Waals surface area contributed by atoms with Crippen LogP contribution in [-0.2, 0) is 22.6 Å². The zero-order valence-electron chi connectivity index (χ0n) is 12.3. The fourth-order valence-corrected chi connectivity index (χ4v) is 2.04. The van der Waals surface area contributed by atoms with E-state index in [1.165, 1.54) is 0 Å². The highest BCUT2D eigenvalue weighted by Gasteiger charge is 2.06. The molecule has 0 aliphatic heterocycles. The van der Waals surface area contributed by atoms with Crippen molar-refractivity contribution in [2.75, 3.05) is 6.54 Å². The Kier molecular flexibility index (Phi) is 6.00. The smallest absolute Gasteiger partial charge is 0.322 e. The van der Waals surface area contributed by atoms with Crippen LogP contribution in [0, 0.1) is 0 Å². The van der Waals surface area contributed by atoms with Crippen molar-refractivity contribution >= 4 is 23.5 Å². The first-order valence-corrected chi connectivity index (χ1v) is 7.35. The Morgan fingerprint density at radius 1 is 1.09 bits per heavy atom. The van der Waals surface area contributed by atoms with E-state index < -0.39 is 5.97 Å². The number of nitrogens with one attached hydrogen (secondary N) is 1. The largest absolute Gasteiger partial charge is 0.489 e. The van der Waals surface area contributed by atoms with Crippen LogP contribution in [0.15, 0.2) is 48.5 Å². The van der Waals surface area contributed by atoms with Crippen LogP contribution in [0.5, 0.6) is 5.75 Å². The van der Waals surface area contributed by atoms with Gasteiger partial charge in [0.1, 0.15) is 18.9 Å². The summed E-state index contributed by atoms with van der Waals surface area (Å²) in [6, 6.07) is 14.5. The molecule has 0 aliphatic carbocycles. The van der Waals surface area contributed by atoms with Gasteiger partial charge in [0.05, 0.1) is 6.42 Å². The van der Waals surface area contributed by atoms with Crippen LogP contribution in [0.25, 0.3) is 0 Å². The number of halogens is 1. The van der Waals surface area contributed by atoms with E-state index in [1.54, 1.807) is 36.4 Å². The highest BCUT2D eigenvalue weighted by molar-refractivity contribution is 6.30. The summed E-state index contributed by atoms with van der Waals surface area (Å²) in [5, 5.41) is 11.5. The Morgan fingerprint density at radius 3 is 2.52 bits per heavy atom. The van der Waals surface area contributed by atoms with Crippen molar-refractivity contribution in [2.45, 2.75) is 13.0 Å². The number of amides is 1. The number of carboxylic acid groups (broad SMARTS) is 1. The summed E-state index contributed by atoms with van der Waals surface area (Å²) in [4.78, 5) is 22.0. The fraction of sp³-hybridized carbons (Fsp3) is 0.176. The summed E-state index contributed by atoms with van der Waals surface area (Å²) in [5.41, 5.74) is 1.74. The number of benzene rings is 2. The molecule has 1 amide bonds. The normalized spacial score (nSPS) is 10.1. The lowest BCUT2D eigenvalue weighted by molar-refractivity contribution is -0.137. The molecule has 2 aromatic rings. The molecule has 6 heteroatoms. The van der Waals surface area contributed by atoms with Crippen molar-refractivity contribution in [3.05, 3.63) is 64.7 Å².